The lowest BCUT2D eigenvalue weighted by atomic mass is 10.1. The summed E-state index contributed by atoms with van der Waals surface area (Å²) in [5.74, 6) is -0.160. The van der Waals surface area contributed by atoms with Crippen LogP contribution in [0.1, 0.15) is 15.9 Å². The first kappa shape index (κ1) is 11.4. The topological polar surface area (TPSA) is 70.7 Å². The number of H-pyrrole nitrogens is 1. The van der Waals surface area contributed by atoms with Crippen molar-refractivity contribution in [3.63, 3.8) is 0 Å². The molecule has 3 rings (SSSR count). The van der Waals surface area contributed by atoms with Gasteiger partial charge in [-0.05, 0) is 36.8 Å². The molecule has 1 amide bonds. The van der Waals surface area contributed by atoms with Crippen molar-refractivity contribution in [2.75, 3.05) is 5.32 Å². The highest BCUT2D eigenvalue weighted by molar-refractivity contribution is 6.06. The molecule has 2 N–H and O–H groups in total. The number of rotatable bonds is 2. The Morgan fingerprint density at radius 1 is 1.32 bits per heavy atom. The maximum atomic E-state index is 12.2. The second-order valence-electron chi connectivity index (χ2n) is 4.28. The van der Waals surface area contributed by atoms with Crippen molar-refractivity contribution < 1.29 is 4.79 Å². The Kier molecular flexibility index (Phi) is 2.72. The Hall–Kier alpha value is -2.69. The van der Waals surface area contributed by atoms with E-state index in [0.29, 0.717) is 5.56 Å². The van der Waals surface area contributed by atoms with Gasteiger partial charge in [-0.1, -0.05) is 0 Å². The summed E-state index contributed by atoms with van der Waals surface area (Å²) in [6, 6.07) is 7.21. The average Bonchev–Trinajstić information content (AvgIpc) is 2.88. The Balaban J connectivity index is 1.89. The molecule has 0 saturated carbocycles. The molecule has 0 aliphatic carbocycles. The highest BCUT2D eigenvalue weighted by atomic mass is 16.1. The highest BCUT2D eigenvalue weighted by Crippen LogP contribution is 2.15. The molecule has 94 valence electrons. The summed E-state index contributed by atoms with van der Waals surface area (Å²) >= 11 is 0. The van der Waals surface area contributed by atoms with Crippen molar-refractivity contribution in [3.05, 3.63) is 54.1 Å². The molecule has 0 unspecified atom stereocenters. The number of nitrogens with zero attached hydrogens (tertiary/aromatic N) is 2. The standard InChI is InChI=1S/C14H12N4O/c1-9-4-5-15-7-13(9)18-14(19)10-2-3-11-12(6-10)17-8-16-11/h2-8H,1H3,(H,16,17)(H,18,19). The van der Waals surface area contributed by atoms with Crippen molar-refractivity contribution in [1.29, 1.82) is 0 Å². The smallest absolute Gasteiger partial charge is 0.255 e. The summed E-state index contributed by atoms with van der Waals surface area (Å²) in [6.45, 7) is 1.93. The van der Waals surface area contributed by atoms with Crippen LogP contribution in [0.2, 0.25) is 0 Å². The van der Waals surface area contributed by atoms with Crippen LogP contribution in [0.5, 0.6) is 0 Å². The molecule has 0 fully saturated rings. The Bertz CT molecular complexity index is 748. The summed E-state index contributed by atoms with van der Waals surface area (Å²) < 4.78 is 0. The minimum atomic E-state index is -0.160. The number of aromatic nitrogens is 3. The monoisotopic (exact) mass is 252 g/mol. The van der Waals surface area contributed by atoms with Gasteiger partial charge < -0.3 is 10.3 Å². The fraction of sp³-hybridized carbons (Fsp3) is 0.0714. The number of carbonyl (C=O) groups excluding carboxylic acids is 1. The van der Waals surface area contributed by atoms with Crippen LogP contribution in [-0.2, 0) is 0 Å². The summed E-state index contributed by atoms with van der Waals surface area (Å²) in [5.41, 5.74) is 3.97. The van der Waals surface area contributed by atoms with Gasteiger partial charge in [-0.15, -0.1) is 0 Å². The lowest BCUT2D eigenvalue weighted by Crippen LogP contribution is -2.12. The number of hydrogen-bond donors (Lipinski definition) is 2. The molecule has 5 nitrogen and oxygen atoms in total. The van der Waals surface area contributed by atoms with E-state index in [1.165, 1.54) is 0 Å². The molecule has 5 heteroatoms. The van der Waals surface area contributed by atoms with Crippen LogP contribution in [0.25, 0.3) is 11.0 Å². The largest absolute Gasteiger partial charge is 0.345 e. The van der Waals surface area contributed by atoms with E-state index >= 15 is 0 Å². The number of carbonyl (C=O) groups is 1. The van der Waals surface area contributed by atoms with Crippen molar-refractivity contribution in [1.82, 2.24) is 15.0 Å². The van der Waals surface area contributed by atoms with E-state index in [2.05, 4.69) is 20.3 Å². The quantitative estimate of drug-likeness (QED) is 0.736. The van der Waals surface area contributed by atoms with Gasteiger partial charge in [0.2, 0.25) is 0 Å². The Labute approximate surface area is 109 Å². The molecule has 2 aromatic heterocycles. The molecule has 19 heavy (non-hydrogen) atoms. The van der Waals surface area contributed by atoms with E-state index < -0.39 is 0 Å². The van der Waals surface area contributed by atoms with Crippen LogP contribution in [0.3, 0.4) is 0 Å². The second-order valence-corrected chi connectivity index (χ2v) is 4.28. The van der Waals surface area contributed by atoms with Crippen LogP contribution in [0, 0.1) is 6.92 Å². The average molecular weight is 252 g/mol. The predicted octanol–water partition coefficient (Wildman–Crippen LogP) is 2.52. The van der Waals surface area contributed by atoms with Crippen LogP contribution in [0.4, 0.5) is 5.69 Å². The molecule has 0 atom stereocenters. The van der Waals surface area contributed by atoms with Gasteiger partial charge in [-0.25, -0.2) is 4.98 Å². The minimum Gasteiger partial charge on any atom is -0.345 e. The number of nitrogens with one attached hydrogen (secondary N) is 2. The third kappa shape index (κ3) is 2.18. The van der Waals surface area contributed by atoms with Gasteiger partial charge in [-0.2, -0.15) is 0 Å². The Morgan fingerprint density at radius 2 is 2.21 bits per heavy atom. The first-order valence-corrected chi connectivity index (χ1v) is 5.89. The lowest BCUT2D eigenvalue weighted by molar-refractivity contribution is 0.102. The number of aromatic amines is 1. The normalized spacial score (nSPS) is 10.6. The number of hydrogen-bond acceptors (Lipinski definition) is 3. The molecule has 3 aromatic rings. The number of amides is 1. The Morgan fingerprint density at radius 3 is 3.05 bits per heavy atom. The van der Waals surface area contributed by atoms with E-state index in [1.807, 2.05) is 19.1 Å². The predicted molar refractivity (Wildman–Crippen MR) is 73.0 cm³/mol. The van der Waals surface area contributed by atoms with Crippen LogP contribution in [-0.4, -0.2) is 20.9 Å². The van der Waals surface area contributed by atoms with Crippen molar-refractivity contribution in [2.24, 2.45) is 0 Å². The molecule has 0 aliphatic rings. The molecular formula is C14H12N4O. The lowest BCUT2D eigenvalue weighted by Gasteiger charge is -2.07. The highest BCUT2D eigenvalue weighted by Gasteiger charge is 2.09. The van der Waals surface area contributed by atoms with Gasteiger partial charge >= 0.3 is 0 Å². The fourth-order valence-corrected chi connectivity index (χ4v) is 1.87. The molecule has 0 radical (unpaired) electrons. The summed E-state index contributed by atoms with van der Waals surface area (Å²) in [4.78, 5) is 23.3. The molecule has 0 spiro atoms. The number of aryl methyl sites for hydroxylation is 1. The maximum Gasteiger partial charge on any atom is 0.255 e. The first-order valence-electron chi connectivity index (χ1n) is 5.89. The van der Waals surface area contributed by atoms with Gasteiger partial charge in [0.1, 0.15) is 0 Å². The number of benzene rings is 1. The van der Waals surface area contributed by atoms with Gasteiger partial charge in [0.25, 0.3) is 5.91 Å². The van der Waals surface area contributed by atoms with Crippen LogP contribution in [0.15, 0.2) is 43.0 Å². The molecular weight excluding hydrogens is 240 g/mol. The molecule has 0 bridgehead atoms. The number of pyridine rings is 1. The third-order valence-electron chi connectivity index (χ3n) is 2.97. The van der Waals surface area contributed by atoms with Gasteiger partial charge in [-0.3, -0.25) is 9.78 Å². The summed E-state index contributed by atoms with van der Waals surface area (Å²) in [6.07, 6.45) is 4.95. The van der Waals surface area contributed by atoms with E-state index in [-0.39, 0.29) is 5.91 Å². The van der Waals surface area contributed by atoms with E-state index in [9.17, 15) is 4.79 Å². The number of fused-ring (bicyclic) bond motifs is 1. The zero-order valence-electron chi connectivity index (χ0n) is 10.3. The van der Waals surface area contributed by atoms with Crippen molar-refractivity contribution in [3.8, 4) is 0 Å². The first-order chi connectivity index (χ1) is 9.24. The van der Waals surface area contributed by atoms with Gasteiger partial charge in [0, 0.05) is 11.8 Å². The third-order valence-corrected chi connectivity index (χ3v) is 2.97. The van der Waals surface area contributed by atoms with E-state index in [1.54, 1.807) is 30.9 Å². The summed E-state index contributed by atoms with van der Waals surface area (Å²) in [7, 11) is 0. The maximum absolute atomic E-state index is 12.2. The van der Waals surface area contributed by atoms with E-state index in [4.69, 9.17) is 0 Å². The SMILES string of the molecule is Cc1ccncc1NC(=O)c1ccc2nc[nH]c2c1. The van der Waals surface area contributed by atoms with Gasteiger partial charge in [0.15, 0.2) is 0 Å². The second kappa shape index (κ2) is 4.53. The zero-order valence-corrected chi connectivity index (χ0v) is 10.3. The fourth-order valence-electron chi connectivity index (χ4n) is 1.87. The van der Waals surface area contributed by atoms with E-state index in [0.717, 1.165) is 22.3 Å². The number of imidazole rings is 1. The molecule has 2 heterocycles. The van der Waals surface area contributed by atoms with Crippen molar-refractivity contribution in [2.45, 2.75) is 6.92 Å². The van der Waals surface area contributed by atoms with Gasteiger partial charge in [0.05, 0.1) is 29.2 Å². The molecule has 0 saturated heterocycles. The zero-order chi connectivity index (χ0) is 13.2. The summed E-state index contributed by atoms with van der Waals surface area (Å²) in [5, 5.41) is 2.85. The van der Waals surface area contributed by atoms with Crippen molar-refractivity contribution >= 4 is 22.6 Å². The van der Waals surface area contributed by atoms with Crippen LogP contribution >= 0.6 is 0 Å². The molecule has 0 aliphatic heterocycles. The minimum absolute atomic E-state index is 0.160. The number of anilines is 1. The van der Waals surface area contributed by atoms with Crippen LogP contribution < -0.4 is 5.32 Å². The molecule has 1 aromatic carbocycles.